The van der Waals surface area contributed by atoms with Crippen LogP contribution in [0.25, 0.3) is 0 Å². The van der Waals surface area contributed by atoms with E-state index in [4.69, 9.17) is 11.5 Å². The third-order valence-corrected chi connectivity index (χ3v) is 4.07. The number of carbonyl (C=O) groups is 1. The zero-order valence-electron chi connectivity index (χ0n) is 11.7. The van der Waals surface area contributed by atoms with E-state index in [0.717, 1.165) is 18.5 Å². The van der Waals surface area contributed by atoms with Crippen LogP contribution in [0.5, 0.6) is 0 Å². The van der Waals surface area contributed by atoms with Crippen LogP contribution >= 0.6 is 0 Å². The maximum Gasteiger partial charge on any atom is 0.250 e. The lowest BCUT2D eigenvalue weighted by molar-refractivity contribution is 0.100. The van der Waals surface area contributed by atoms with Gasteiger partial charge in [0.15, 0.2) is 0 Å². The predicted molar refractivity (Wildman–Crippen MR) is 79.0 cm³/mol. The van der Waals surface area contributed by atoms with E-state index in [-0.39, 0.29) is 0 Å². The molecular formula is C15H23N3O. The van der Waals surface area contributed by atoms with Gasteiger partial charge in [0.25, 0.3) is 5.91 Å². The second-order valence-corrected chi connectivity index (χ2v) is 6.21. The van der Waals surface area contributed by atoms with Crippen molar-refractivity contribution in [1.29, 1.82) is 0 Å². The fraction of sp³-hybridized carbons (Fsp3) is 0.533. The van der Waals surface area contributed by atoms with Crippen molar-refractivity contribution in [2.45, 2.75) is 45.6 Å². The van der Waals surface area contributed by atoms with Gasteiger partial charge in [-0.2, -0.15) is 0 Å². The predicted octanol–water partition coefficient (Wildman–Crippen LogP) is 2.75. The van der Waals surface area contributed by atoms with Gasteiger partial charge in [-0.15, -0.1) is 0 Å². The topological polar surface area (TPSA) is 81.1 Å². The van der Waals surface area contributed by atoms with E-state index in [1.165, 1.54) is 12.8 Å². The number of hydrogen-bond acceptors (Lipinski definition) is 3. The number of rotatable bonds is 3. The maximum atomic E-state index is 11.3. The Morgan fingerprint density at radius 3 is 2.53 bits per heavy atom. The Morgan fingerprint density at radius 1 is 1.32 bits per heavy atom. The Labute approximate surface area is 114 Å². The SMILES string of the molecule is CC1(C)CCC(Nc2cccc(C(N)=O)c2N)CC1. The van der Waals surface area contributed by atoms with Gasteiger partial charge in [-0.3, -0.25) is 4.79 Å². The number of carbonyl (C=O) groups excluding carboxylic acids is 1. The van der Waals surface area contributed by atoms with Crippen LogP contribution in [0, 0.1) is 5.41 Å². The molecule has 1 amide bonds. The average Bonchev–Trinajstić information content (AvgIpc) is 2.34. The minimum atomic E-state index is -0.481. The molecule has 1 saturated carbocycles. The Bertz CT molecular complexity index is 472. The van der Waals surface area contributed by atoms with Crippen molar-refractivity contribution in [3.63, 3.8) is 0 Å². The smallest absolute Gasteiger partial charge is 0.250 e. The summed E-state index contributed by atoms with van der Waals surface area (Å²) in [4.78, 5) is 11.3. The summed E-state index contributed by atoms with van der Waals surface area (Å²) < 4.78 is 0. The molecule has 0 unspecified atom stereocenters. The van der Waals surface area contributed by atoms with Crippen molar-refractivity contribution in [2.75, 3.05) is 11.1 Å². The van der Waals surface area contributed by atoms with Crippen molar-refractivity contribution in [3.05, 3.63) is 23.8 Å². The minimum absolute atomic E-state index is 0.390. The minimum Gasteiger partial charge on any atom is -0.396 e. The molecule has 0 aromatic heterocycles. The highest BCUT2D eigenvalue weighted by atomic mass is 16.1. The number of anilines is 2. The molecule has 2 rings (SSSR count). The largest absolute Gasteiger partial charge is 0.396 e. The van der Waals surface area contributed by atoms with Crippen LogP contribution < -0.4 is 16.8 Å². The summed E-state index contributed by atoms with van der Waals surface area (Å²) >= 11 is 0. The fourth-order valence-electron chi connectivity index (χ4n) is 2.67. The fourth-order valence-corrected chi connectivity index (χ4v) is 2.67. The van der Waals surface area contributed by atoms with Crippen molar-refractivity contribution >= 4 is 17.3 Å². The highest BCUT2D eigenvalue weighted by molar-refractivity contribution is 6.00. The zero-order chi connectivity index (χ0) is 14.0. The number of benzene rings is 1. The van der Waals surface area contributed by atoms with Gasteiger partial charge in [0.2, 0.25) is 0 Å². The van der Waals surface area contributed by atoms with Gasteiger partial charge in [-0.1, -0.05) is 19.9 Å². The molecule has 1 fully saturated rings. The molecule has 5 N–H and O–H groups in total. The van der Waals surface area contributed by atoms with Crippen molar-refractivity contribution in [2.24, 2.45) is 11.1 Å². The van der Waals surface area contributed by atoms with E-state index in [1.807, 2.05) is 12.1 Å². The van der Waals surface area contributed by atoms with Crippen LogP contribution in [0.1, 0.15) is 49.9 Å². The molecule has 1 aliphatic rings. The van der Waals surface area contributed by atoms with Gasteiger partial charge < -0.3 is 16.8 Å². The second-order valence-electron chi connectivity index (χ2n) is 6.21. The number of primary amides is 1. The number of hydrogen-bond donors (Lipinski definition) is 3. The standard InChI is InChI=1S/C15H23N3O/c1-15(2)8-6-10(7-9-15)18-12-5-3-4-11(13(12)16)14(17)19/h3-5,10,18H,6-9,16H2,1-2H3,(H2,17,19). The normalized spacial score (nSPS) is 19.1. The lowest BCUT2D eigenvalue weighted by Crippen LogP contribution is -2.30. The Kier molecular flexibility index (Phi) is 3.69. The number of nitrogens with two attached hydrogens (primary N) is 2. The zero-order valence-corrected chi connectivity index (χ0v) is 11.7. The lowest BCUT2D eigenvalue weighted by Gasteiger charge is -2.35. The third-order valence-electron chi connectivity index (χ3n) is 4.07. The van der Waals surface area contributed by atoms with Gasteiger partial charge in [0, 0.05) is 6.04 Å². The van der Waals surface area contributed by atoms with Crippen LogP contribution in [0.2, 0.25) is 0 Å². The van der Waals surface area contributed by atoms with Crippen molar-refractivity contribution in [1.82, 2.24) is 0 Å². The Balaban J connectivity index is 2.08. The molecule has 0 saturated heterocycles. The number of nitrogens with one attached hydrogen (secondary N) is 1. The summed E-state index contributed by atoms with van der Waals surface area (Å²) in [7, 11) is 0. The lowest BCUT2D eigenvalue weighted by atomic mass is 9.75. The van der Waals surface area contributed by atoms with Crippen molar-refractivity contribution < 1.29 is 4.79 Å². The first-order valence-corrected chi connectivity index (χ1v) is 6.84. The van der Waals surface area contributed by atoms with Crippen LogP contribution in [0.4, 0.5) is 11.4 Å². The molecule has 0 heterocycles. The molecule has 4 nitrogen and oxygen atoms in total. The first-order chi connectivity index (χ1) is 8.89. The van der Waals surface area contributed by atoms with E-state index in [1.54, 1.807) is 6.07 Å². The summed E-state index contributed by atoms with van der Waals surface area (Å²) in [6.45, 7) is 4.62. The summed E-state index contributed by atoms with van der Waals surface area (Å²) in [5.74, 6) is -0.481. The molecule has 4 heteroatoms. The summed E-state index contributed by atoms with van der Waals surface area (Å²) in [5.41, 5.74) is 13.4. The molecule has 1 aromatic carbocycles. The third kappa shape index (κ3) is 3.19. The van der Waals surface area contributed by atoms with E-state index in [0.29, 0.717) is 22.7 Å². The monoisotopic (exact) mass is 261 g/mol. The molecule has 104 valence electrons. The molecule has 0 bridgehead atoms. The van der Waals surface area contributed by atoms with Gasteiger partial charge >= 0.3 is 0 Å². The number of para-hydroxylation sites is 1. The molecule has 0 spiro atoms. The molecule has 0 aliphatic heterocycles. The van der Waals surface area contributed by atoms with Crippen molar-refractivity contribution in [3.8, 4) is 0 Å². The Morgan fingerprint density at radius 2 is 1.95 bits per heavy atom. The molecule has 1 aromatic rings. The first-order valence-electron chi connectivity index (χ1n) is 6.84. The van der Waals surface area contributed by atoms with Gasteiger partial charge in [0.1, 0.15) is 0 Å². The molecule has 1 aliphatic carbocycles. The van der Waals surface area contributed by atoms with E-state index < -0.39 is 5.91 Å². The average molecular weight is 261 g/mol. The molecule has 19 heavy (non-hydrogen) atoms. The first kappa shape index (κ1) is 13.7. The van der Waals surface area contributed by atoms with Gasteiger partial charge in [-0.05, 0) is 43.2 Å². The summed E-state index contributed by atoms with van der Waals surface area (Å²) in [6, 6.07) is 5.80. The summed E-state index contributed by atoms with van der Waals surface area (Å²) in [6.07, 6.45) is 4.68. The highest BCUT2D eigenvalue weighted by Crippen LogP contribution is 2.36. The number of nitrogen functional groups attached to an aromatic ring is 1. The van der Waals surface area contributed by atoms with Gasteiger partial charge in [-0.25, -0.2) is 0 Å². The summed E-state index contributed by atoms with van der Waals surface area (Å²) in [5, 5.41) is 3.45. The molecule has 0 atom stereocenters. The van der Waals surface area contributed by atoms with E-state index >= 15 is 0 Å². The molecule has 0 radical (unpaired) electrons. The highest BCUT2D eigenvalue weighted by Gasteiger charge is 2.27. The van der Waals surface area contributed by atoms with Crippen LogP contribution in [-0.4, -0.2) is 11.9 Å². The number of amides is 1. The second kappa shape index (κ2) is 5.11. The van der Waals surface area contributed by atoms with Crippen LogP contribution in [-0.2, 0) is 0 Å². The van der Waals surface area contributed by atoms with Crippen LogP contribution in [0.3, 0.4) is 0 Å². The Hall–Kier alpha value is -1.71. The van der Waals surface area contributed by atoms with Gasteiger partial charge in [0.05, 0.1) is 16.9 Å². The maximum absolute atomic E-state index is 11.3. The van der Waals surface area contributed by atoms with E-state index in [9.17, 15) is 4.79 Å². The van der Waals surface area contributed by atoms with E-state index in [2.05, 4.69) is 19.2 Å². The quantitative estimate of drug-likeness (QED) is 0.732. The van der Waals surface area contributed by atoms with Crippen LogP contribution in [0.15, 0.2) is 18.2 Å². The molecular weight excluding hydrogens is 238 g/mol.